The molecule has 5 heterocycles. The van der Waals surface area contributed by atoms with Crippen LogP contribution in [0, 0.1) is 18.7 Å². The topological polar surface area (TPSA) is 93.2 Å². The Morgan fingerprint density at radius 2 is 1.55 bits per heavy atom. The highest BCUT2D eigenvalue weighted by atomic mass is 19.1. The van der Waals surface area contributed by atoms with Gasteiger partial charge in [-0.25, -0.2) is 4.39 Å². The number of amides is 2. The SMILES string of the molecule is Cc1cc2c(N3CCN(C)c4ccccc43)cc(C3CCN(CC4CCN(c5ccc(NC6CCC(=O)NC6=O)cc5F)CC4)CC3)cc2n(C)c1=O. The second-order valence-electron chi connectivity index (χ2n) is 15.5. The van der Waals surface area contributed by atoms with E-state index in [1.807, 2.05) is 24.6 Å². The van der Waals surface area contributed by atoms with Crippen LogP contribution < -0.4 is 30.9 Å². The lowest BCUT2D eigenvalue weighted by molar-refractivity contribution is -0.133. The smallest absolute Gasteiger partial charge is 0.253 e. The monoisotopic (exact) mass is 719 g/mol. The highest BCUT2D eigenvalue weighted by Crippen LogP contribution is 2.42. The molecule has 0 spiro atoms. The molecule has 0 radical (unpaired) electrons. The first-order chi connectivity index (χ1) is 25.6. The number of pyridine rings is 1. The molecule has 1 aromatic heterocycles. The summed E-state index contributed by atoms with van der Waals surface area (Å²) in [5.74, 6) is 0.0608. The molecule has 8 rings (SSSR count). The number of piperidine rings is 3. The molecule has 53 heavy (non-hydrogen) atoms. The third kappa shape index (κ3) is 6.99. The van der Waals surface area contributed by atoms with Gasteiger partial charge >= 0.3 is 0 Å². The van der Waals surface area contributed by atoms with Crippen LogP contribution >= 0.6 is 0 Å². The number of hydrogen-bond donors (Lipinski definition) is 2. The van der Waals surface area contributed by atoms with Crippen molar-refractivity contribution in [2.45, 2.75) is 57.4 Å². The van der Waals surface area contributed by atoms with Gasteiger partial charge in [-0.1, -0.05) is 12.1 Å². The van der Waals surface area contributed by atoms with Crippen LogP contribution in [-0.2, 0) is 16.6 Å². The number of benzene rings is 3. The van der Waals surface area contributed by atoms with E-state index in [0.29, 0.717) is 29.6 Å². The molecular weight excluding hydrogens is 670 g/mol. The van der Waals surface area contributed by atoms with Gasteiger partial charge < -0.3 is 29.5 Å². The summed E-state index contributed by atoms with van der Waals surface area (Å²) in [5, 5.41) is 6.54. The van der Waals surface area contributed by atoms with E-state index >= 15 is 4.39 Å². The number of carbonyl (C=O) groups excluding carboxylic acids is 2. The number of anilines is 5. The van der Waals surface area contributed by atoms with Gasteiger partial charge in [0.2, 0.25) is 11.8 Å². The van der Waals surface area contributed by atoms with Gasteiger partial charge in [-0.15, -0.1) is 0 Å². The van der Waals surface area contributed by atoms with Crippen LogP contribution in [0.15, 0.2) is 65.5 Å². The summed E-state index contributed by atoms with van der Waals surface area (Å²) < 4.78 is 17.1. The predicted molar refractivity (Wildman–Crippen MR) is 210 cm³/mol. The summed E-state index contributed by atoms with van der Waals surface area (Å²) in [4.78, 5) is 46.3. The van der Waals surface area contributed by atoms with Crippen LogP contribution in [0.25, 0.3) is 10.9 Å². The average Bonchev–Trinajstić information content (AvgIpc) is 3.16. The fourth-order valence-electron chi connectivity index (χ4n) is 8.99. The molecule has 2 N–H and O–H groups in total. The molecule has 4 aliphatic rings. The Labute approximate surface area is 310 Å². The minimum absolute atomic E-state index is 0.0572. The van der Waals surface area contributed by atoms with Gasteiger partial charge in [-0.3, -0.25) is 19.7 Å². The molecule has 3 saturated heterocycles. The summed E-state index contributed by atoms with van der Waals surface area (Å²) in [6.45, 7) is 8.49. The summed E-state index contributed by atoms with van der Waals surface area (Å²) >= 11 is 0. The van der Waals surface area contributed by atoms with Gasteiger partial charge in [0.15, 0.2) is 0 Å². The lowest BCUT2D eigenvalue weighted by Crippen LogP contribution is -2.47. The van der Waals surface area contributed by atoms with Crippen molar-refractivity contribution in [3.05, 3.63) is 88.0 Å². The van der Waals surface area contributed by atoms with Gasteiger partial charge in [-0.2, -0.15) is 0 Å². The number of carbonyl (C=O) groups is 2. The standard InChI is InChI=1S/C42H50FN7O3/c1-27-22-32-38(47(3)42(27)53)23-30(24-39(32)50-21-20-46(2)36-6-4-5-7-37(36)50)29-14-16-48(17-15-29)26-28-12-18-49(19-13-28)35-10-8-31(25-33(35)43)44-34-9-11-40(51)45-41(34)52/h4-8,10,22-25,28-29,34,44H,9,11-21,26H2,1-3H3,(H,45,51,52). The van der Waals surface area contributed by atoms with E-state index in [4.69, 9.17) is 0 Å². The highest BCUT2D eigenvalue weighted by Gasteiger charge is 2.30. The number of nitrogens with zero attached hydrogens (tertiary/aromatic N) is 5. The van der Waals surface area contributed by atoms with Gasteiger partial charge in [0.1, 0.15) is 11.9 Å². The summed E-state index contributed by atoms with van der Waals surface area (Å²) in [7, 11) is 4.06. The molecule has 1 atom stereocenters. The fraction of sp³-hybridized carbons (Fsp3) is 0.452. The summed E-state index contributed by atoms with van der Waals surface area (Å²) in [6, 6.07) is 19.9. The van der Waals surface area contributed by atoms with E-state index in [-0.39, 0.29) is 29.6 Å². The van der Waals surface area contributed by atoms with Crippen LogP contribution in [0.3, 0.4) is 0 Å². The van der Waals surface area contributed by atoms with Crippen LogP contribution in [0.1, 0.15) is 55.6 Å². The average molecular weight is 720 g/mol. The molecule has 4 aromatic rings. The van der Waals surface area contributed by atoms with E-state index < -0.39 is 6.04 Å². The lowest BCUT2D eigenvalue weighted by Gasteiger charge is -2.39. The van der Waals surface area contributed by atoms with Crippen LogP contribution in [0.2, 0.25) is 0 Å². The van der Waals surface area contributed by atoms with E-state index in [1.54, 1.807) is 6.07 Å². The second-order valence-corrected chi connectivity index (χ2v) is 15.5. The Kier molecular flexibility index (Phi) is 9.61. The van der Waals surface area contributed by atoms with Crippen LogP contribution in [-0.4, -0.2) is 80.2 Å². The molecule has 2 amide bonds. The minimum atomic E-state index is -0.538. The number of halogens is 1. The molecule has 0 bridgehead atoms. The van der Waals surface area contributed by atoms with Crippen molar-refractivity contribution in [3.63, 3.8) is 0 Å². The second kappa shape index (κ2) is 14.5. The number of hydrogen-bond acceptors (Lipinski definition) is 8. The van der Waals surface area contributed by atoms with Crippen molar-refractivity contribution in [3.8, 4) is 0 Å². The minimum Gasteiger partial charge on any atom is -0.374 e. The zero-order chi connectivity index (χ0) is 36.8. The third-order valence-electron chi connectivity index (χ3n) is 12.1. The number of likely N-dealkylation sites (tertiary alicyclic amines) is 1. The number of likely N-dealkylation sites (N-methyl/N-ethyl adjacent to an activating group) is 1. The molecule has 1 unspecified atom stereocenters. The van der Waals surface area contributed by atoms with Gasteiger partial charge in [0, 0.05) is 69.9 Å². The maximum atomic E-state index is 15.3. The fourth-order valence-corrected chi connectivity index (χ4v) is 8.99. The Hall–Kier alpha value is -4.90. The van der Waals surface area contributed by atoms with Crippen molar-refractivity contribution < 1.29 is 14.0 Å². The molecule has 0 saturated carbocycles. The zero-order valence-corrected chi connectivity index (χ0v) is 31.0. The lowest BCUT2D eigenvalue weighted by atomic mass is 9.87. The number of para-hydroxylation sites is 2. The van der Waals surface area contributed by atoms with Crippen molar-refractivity contribution in [2.24, 2.45) is 13.0 Å². The first-order valence-electron chi connectivity index (χ1n) is 19.2. The highest BCUT2D eigenvalue weighted by molar-refractivity contribution is 6.01. The van der Waals surface area contributed by atoms with E-state index in [1.165, 1.54) is 28.7 Å². The molecule has 3 fully saturated rings. The Morgan fingerprint density at radius 1 is 0.792 bits per heavy atom. The Balaban J connectivity index is 0.909. The first-order valence-corrected chi connectivity index (χ1v) is 19.2. The number of aromatic nitrogens is 1. The first kappa shape index (κ1) is 35.1. The maximum Gasteiger partial charge on any atom is 0.253 e. The maximum absolute atomic E-state index is 15.3. The number of imide groups is 1. The van der Waals surface area contributed by atoms with Gasteiger partial charge in [0.05, 0.1) is 28.3 Å². The van der Waals surface area contributed by atoms with Gasteiger partial charge in [-0.05, 0) is 118 Å². The number of nitrogens with one attached hydrogen (secondary N) is 2. The molecular formula is C42H50FN7O3. The van der Waals surface area contributed by atoms with E-state index in [2.05, 4.69) is 79.7 Å². The quantitative estimate of drug-likeness (QED) is 0.229. The van der Waals surface area contributed by atoms with Crippen molar-refractivity contribution >= 4 is 51.2 Å². The molecule has 4 aliphatic heterocycles. The zero-order valence-electron chi connectivity index (χ0n) is 31.0. The van der Waals surface area contributed by atoms with Crippen LogP contribution in [0.5, 0.6) is 0 Å². The Morgan fingerprint density at radius 3 is 2.28 bits per heavy atom. The number of aryl methyl sites for hydroxylation is 2. The molecule has 11 heteroatoms. The molecule has 3 aromatic carbocycles. The van der Waals surface area contributed by atoms with E-state index in [0.717, 1.165) is 88.0 Å². The number of fused-ring (bicyclic) bond motifs is 2. The molecule has 10 nitrogen and oxygen atoms in total. The third-order valence-corrected chi connectivity index (χ3v) is 12.1. The molecule has 278 valence electrons. The normalized spacial score (nSPS) is 20.5. The largest absolute Gasteiger partial charge is 0.374 e. The summed E-state index contributed by atoms with van der Waals surface area (Å²) in [6.07, 6.45) is 4.87. The summed E-state index contributed by atoms with van der Waals surface area (Å²) in [5.41, 5.74) is 7.88. The van der Waals surface area contributed by atoms with Crippen molar-refractivity contribution in [1.29, 1.82) is 0 Å². The molecule has 0 aliphatic carbocycles. The van der Waals surface area contributed by atoms with Crippen LogP contribution in [0.4, 0.5) is 32.8 Å². The Bertz CT molecular complexity index is 2100. The van der Waals surface area contributed by atoms with Crippen molar-refractivity contribution in [2.75, 3.05) is 72.9 Å². The van der Waals surface area contributed by atoms with Gasteiger partial charge in [0.25, 0.3) is 5.56 Å². The number of rotatable bonds is 7. The predicted octanol–water partition coefficient (Wildman–Crippen LogP) is 5.89. The van der Waals surface area contributed by atoms with Crippen molar-refractivity contribution in [1.82, 2.24) is 14.8 Å². The van der Waals surface area contributed by atoms with E-state index in [9.17, 15) is 14.4 Å².